The molecule has 0 unspecified atom stereocenters. The first-order valence-corrected chi connectivity index (χ1v) is 8.05. The van der Waals surface area contributed by atoms with Crippen molar-refractivity contribution in [1.82, 2.24) is 4.90 Å². The molecule has 0 radical (unpaired) electrons. The molecule has 0 saturated carbocycles. The van der Waals surface area contributed by atoms with Gasteiger partial charge < -0.3 is 4.90 Å². The van der Waals surface area contributed by atoms with Gasteiger partial charge in [-0.3, -0.25) is 4.79 Å². The highest BCUT2D eigenvalue weighted by Gasteiger charge is 2.23. The zero-order valence-electron chi connectivity index (χ0n) is 10.3. The Morgan fingerprint density at radius 1 is 1.53 bits per heavy atom. The molecule has 1 heterocycles. The number of carbonyl (C=O) groups excluding carboxylic acids is 1. The van der Waals surface area contributed by atoms with Crippen molar-refractivity contribution in [1.29, 1.82) is 0 Å². The van der Waals surface area contributed by atoms with Crippen molar-refractivity contribution in [3.05, 3.63) is 21.4 Å². The highest BCUT2D eigenvalue weighted by atomic mass is 79.9. The zero-order valence-corrected chi connectivity index (χ0v) is 12.7. The average molecular weight is 316 g/mol. The molecule has 1 aliphatic carbocycles. The summed E-state index contributed by atoms with van der Waals surface area (Å²) in [5.74, 6) is 0.193. The van der Waals surface area contributed by atoms with E-state index in [1.165, 1.54) is 16.9 Å². The second-order valence-corrected chi connectivity index (χ2v) is 6.62. The Hall–Kier alpha value is -0.350. The number of aryl methyl sites for hydroxylation is 2. The lowest BCUT2D eigenvalue weighted by Crippen LogP contribution is -2.37. The largest absolute Gasteiger partial charge is 0.335 e. The summed E-state index contributed by atoms with van der Waals surface area (Å²) in [4.78, 5) is 16.7. The van der Waals surface area contributed by atoms with Gasteiger partial charge in [-0.1, -0.05) is 15.9 Å². The van der Waals surface area contributed by atoms with E-state index in [-0.39, 0.29) is 11.9 Å². The Balaban J connectivity index is 2.17. The van der Waals surface area contributed by atoms with Crippen LogP contribution in [-0.4, -0.2) is 28.7 Å². The lowest BCUT2D eigenvalue weighted by atomic mass is 10.2. The van der Waals surface area contributed by atoms with E-state index < -0.39 is 0 Å². The third kappa shape index (κ3) is 2.74. The molecule has 0 bridgehead atoms. The molecule has 0 spiro atoms. The Labute approximate surface area is 115 Å². The van der Waals surface area contributed by atoms with Crippen LogP contribution in [0.15, 0.2) is 6.07 Å². The number of hydrogen-bond acceptors (Lipinski definition) is 2. The molecule has 0 aromatic carbocycles. The maximum atomic E-state index is 12.4. The Morgan fingerprint density at radius 3 is 2.88 bits per heavy atom. The van der Waals surface area contributed by atoms with E-state index in [0.717, 1.165) is 29.6 Å². The number of carbonyl (C=O) groups is 1. The molecule has 0 atom stereocenters. The van der Waals surface area contributed by atoms with E-state index in [1.54, 1.807) is 11.3 Å². The number of thiophene rings is 1. The van der Waals surface area contributed by atoms with Gasteiger partial charge in [0.1, 0.15) is 0 Å². The minimum atomic E-state index is 0.193. The molecule has 2 nitrogen and oxygen atoms in total. The van der Waals surface area contributed by atoms with Crippen molar-refractivity contribution < 1.29 is 4.79 Å². The van der Waals surface area contributed by atoms with E-state index in [4.69, 9.17) is 0 Å². The lowest BCUT2D eigenvalue weighted by molar-refractivity contribution is 0.0724. The number of nitrogens with zero attached hydrogens (tertiary/aromatic N) is 1. The van der Waals surface area contributed by atoms with Gasteiger partial charge in [-0.2, -0.15) is 0 Å². The number of hydrogen-bond donors (Lipinski definition) is 0. The predicted octanol–water partition coefficient (Wildman–Crippen LogP) is 3.48. The lowest BCUT2D eigenvalue weighted by Gasteiger charge is -2.25. The van der Waals surface area contributed by atoms with Gasteiger partial charge in [0.25, 0.3) is 5.91 Å². The molecule has 94 valence electrons. The van der Waals surface area contributed by atoms with Crippen molar-refractivity contribution in [2.75, 3.05) is 11.9 Å². The van der Waals surface area contributed by atoms with Gasteiger partial charge in [-0.15, -0.1) is 11.3 Å². The summed E-state index contributed by atoms with van der Waals surface area (Å²) >= 11 is 5.11. The topological polar surface area (TPSA) is 20.3 Å². The summed E-state index contributed by atoms with van der Waals surface area (Å²) in [6, 6.07) is 2.37. The van der Waals surface area contributed by atoms with E-state index in [2.05, 4.69) is 35.8 Å². The van der Waals surface area contributed by atoms with Crippen molar-refractivity contribution in [3.8, 4) is 0 Å². The molecule has 1 aliphatic rings. The fraction of sp³-hybridized carbons (Fsp3) is 0.615. The molecule has 1 aromatic rings. The maximum absolute atomic E-state index is 12.4. The van der Waals surface area contributed by atoms with Gasteiger partial charge in [0.15, 0.2) is 0 Å². The molecule has 0 fully saturated rings. The summed E-state index contributed by atoms with van der Waals surface area (Å²) in [7, 11) is 0. The maximum Gasteiger partial charge on any atom is 0.264 e. The third-order valence-electron chi connectivity index (χ3n) is 3.17. The first-order chi connectivity index (χ1) is 8.13. The molecule has 0 aliphatic heterocycles. The highest BCUT2D eigenvalue weighted by molar-refractivity contribution is 9.09. The molecule has 1 aromatic heterocycles. The number of halogens is 1. The van der Waals surface area contributed by atoms with E-state index in [1.807, 2.05) is 4.90 Å². The van der Waals surface area contributed by atoms with Gasteiger partial charge in [0.05, 0.1) is 4.88 Å². The first kappa shape index (κ1) is 13.1. The van der Waals surface area contributed by atoms with Crippen LogP contribution in [0.25, 0.3) is 0 Å². The van der Waals surface area contributed by atoms with Crippen molar-refractivity contribution >= 4 is 33.2 Å². The van der Waals surface area contributed by atoms with Crippen LogP contribution in [0.2, 0.25) is 0 Å². The Bertz CT molecular complexity index is 392. The second kappa shape index (κ2) is 5.53. The molecule has 17 heavy (non-hydrogen) atoms. The quantitative estimate of drug-likeness (QED) is 0.779. The number of rotatable bonds is 4. The van der Waals surface area contributed by atoms with Gasteiger partial charge in [0.2, 0.25) is 0 Å². The zero-order chi connectivity index (χ0) is 12.4. The van der Waals surface area contributed by atoms with Crippen LogP contribution in [0.4, 0.5) is 0 Å². The smallest absolute Gasteiger partial charge is 0.264 e. The monoisotopic (exact) mass is 315 g/mol. The molecular formula is C13H18BrNOS. The van der Waals surface area contributed by atoms with Crippen LogP contribution in [0, 0.1) is 0 Å². The van der Waals surface area contributed by atoms with Crippen LogP contribution in [0.3, 0.4) is 0 Å². The van der Waals surface area contributed by atoms with Crippen molar-refractivity contribution in [3.63, 3.8) is 0 Å². The molecule has 1 amide bonds. The summed E-state index contributed by atoms with van der Waals surface area (Å²) in [6.45, 7) is 4.92. The first-order valence-electron chi connectivity index (χ1n) is 6.12. The molecule has 0 N–H and O–H groups in total. The molecule has 2 rings (SSSR count). The third-order valence-corrected chi connectivity index (χ3v) is 4.75. The second-order valence-electron chi connectivity index (χ2n) is 4.69. The fourth-order valence-electron chi connectivity index (χ4n) is 2.26. The summed E-state index contributed by atoms with van der Waals surface area (Å²) < 4.78 is 0. The Kier molecular flexibility index (Phi) is 4.26. The predicted molar refractivity (Wildman–Crippen MR) is 76.3 cm³/mol. The van der Waals surface area contributed by atoms with Crippen LogP contribution in [0.5, 0.6) is 0 Å². The minimum Gasteiger partial charge on any atom is -0.335 e. The van der Waals surface area contributed by atoms with Gasteiger partial charge >= 0.3 is 0 Å². The van der Waals surface area contributed by atoms with Crippen LogP contribution in [-0.2, 0) is 12.8 Å². The molecule has 0 saturated heterocycles. The SMILES string of the molecule is CC(C)N(CCBr)C(=O)c1cc2c(s1)CCC2. The van der Waals surface area contributed by atoms with Gasteiger partial charge in [-0.05, 0) is 44.7 Å². The standard InChI is InChI=1S/C13H18BrNOS/c1-9(2)15(7-6-14)13(16)12-8-10-4-3-5-11(10)17-12/h8-9H,3-7H2,1-2H3. The fourth-order valence-corrected chi connectivity index (χ4v) is 3.85. The number of alkyl halides is 1. The van der Waals surface area contributed by atoms with Gasteiger partial charge in [-0.25, -0.2) is 0 Å². The minimum absolute atomic E-state index is 0.193. The molecular weight excluding hydrogens is 298 g/mol. The number of amides is 1. The summed E-state index contributed by atoms with van der Waals surface area (Å²) in [5, 5.41) is 0.835. The average Bonchev–Trinajstić information content (AvgIpc) is 2.84. The van der Waals surface area contributed by atoms with Crippen molar-refractivity contribution in [2.45, 2.75) is 39.2 Å². The van der Waals surface area contributed by atoms with E-state index in [0.29, 0.717) is 0 Å². The summed E-state index contributed by atoms with van der Waals surface area (Å²) in [5.41, 5.74) is 1.40. The highest BCUT2D eigenvalue weighted by Crippen LogP contribution is 2.31. The van der Waals surface area contributed by atoms with E-state index in [9.17, 15) is 4.79 Å². The van der Waals surface area contributed by atoms with E-state index >= 15 is 0 Å². The van der Waals surface area contributed by atoms with Crippen LogP contribution >= 0.6 is 27.3 Å². The van der Waals surface area contributed by atoms with Crippen LogP contribution < -0.4 is 0 Å². The summed E-state index contributed by atoms with van der Waals surface area (Å²) in [6.07, 6.45) is 3.57. The number of fused-ring (bicyclic) bond motifs is 1. The van der Waals surface area contributed by atoms with Gasteiger partial charge in [0, 0.05) is 22.8 Å². The molecule has 4 heteroatoms. The van der Waals surface area contributed by atoms with Crippen LogP contribution in [0.1, 0.15) is 40.4 Å². The normalized spacial score (nSPS) is 14.1. The Morgan fingerprint density at radius 2 is 2.29 bits per heavy atom. The van der Waals surface area contributed by atoms with Crippen molar-refractivity contribution in [2.24, 2.45) is 0 Å².